The number of hydrogen-bond acceptors (Lipinski definition) is 4. The fraction of sp³-hybridized carbons (Fsp3) is 0.421. The van der Waals surface area contributed by atoms with Crippen LogP contribution in [0.2, 0.25) is 5.02 Å². The molecule has 1 aromatic heterocycles. The van der Waals surface area contributed by atoms with Gasteiger partial charge in [0.1, 0.15) is 11.9 Å². The molecule has 0 radical (unpaired) electrons. The van der Waals surface area contributed by atoms with Crippen molar-refractivity contribution in [2.75, 3.05) is 17.7 Å². The average Bonchev–Trinajstić information content (AvgIpc) is 2.55. The molecule has 25 heavy (non-hydrogen) atoms. The van der Waals surface area contributed by atoms with E-state index in [0.29, 0.717) is 23.9 Å². The molecule has 2 unspecified atom stereocenters. The lowest BCUT2D eigenvalue weighted by Gasteiger charge is -2.29. The van der Waals surface area contributed by atoms with E-state index in [1.165, 1.54) is 0 Å². The Balaban J connectivity index is 2.23. The lowest BCUT2D eigenvalue weighted by Crippen LogP contribution is -2.41. The highest BCUT2D eigenvalue weighted by molar-refractivity contribution is 6.30. The van der Waals surface area contributed by atoms with Crippen LogP contribution in [0, 0.1) is 20.8 Å². The molecule has 0 amide bonds. The first-order valence-electron chi connectivity index (χ1n) is 8.33. The van der Waals surface area contributed by atoms with Gasteiger partial charge in [0.2, 0.25) is 0 Å². The van der Waals surface area contributed by atoms with Crippen LogP contribution in [0.5, 0.6) is 5.75 Å². The smallest absolute Gasteiger partial charge is 0.125 e. The Labute approximate surface area is 159 Å². The molecule has 136 valence electrons. The maximum Gasteiger partial charge on any atom is 0.125 e. The number of benzene rings is 1. The third kappa shape index (κ3) is 5.50. The van der Waals surface area contributed by atoms with E-state index in [4.69, 9.17) is 33.7 Å². The van der Waals surface area contributed by atoms with Crippen LogP contribution in [0.4, 0.5) is 5.69 Å². The van der Waals surface area contributed by atoms with Gasteiger partial charge in [-0.15, -0.1) is 11.6 Å². The van der Waals surface area contributed by atoms with E-state index < -0.39 is 0 Å². The first-order valence-corrected chi connectivity index (χ1v) is 9.24. The molecule has 0 saturated carbocycles. The average molecular weight is 382 g/mol. The first-order chi connectivity index (χ1) is 11.9. The van der Waals surface area contributed by atoms with Crippen molar-refractivity contribution in [3.05, 3.63) is 52.3 Å². The minimum atomic E-state index is -0.158. The van der Waals surface area contributed by atoms with E-state index in [2.05, 4.69) is 10.3 Å². The second-order valence-electron chi connectivity index (χ2n) is 6.19. The summed E-state index contributed by atoms with van der Waals surface area (Å²) >= 11 is 12.4. The van der Waals surface area contributed by atoms with Gasteiger partial charge in [-0.2, -0.15) is 0 Å². The van der Waals surface area contributed by atoms with E-state index in [1.54, 1.807) is 6.20 Å². The van der Waals surface area contributed by atoms with Crippen molar-refractivity contribution in [2.24, 2.45) is 5.73 Å². The lowest BCUT2D eigenvalue weighted by molar-refractivity contribution is 0.175. The predicted octanol–water partition coefficient (Wildman–Crippen LogP) is 4.48. The molecule has 3 N–H and O–H groups in total. The highest BCUT2D eigenvalue weighted by Gasteiger charge is 2.23. The number of pyridine rings is 1. The number of hydrogen-bond donors (Lipinski definition) is 2. The van der Waals surface area contributed by atoms with Crippen molar-refractivity contribution >= 4 is 28.9 Å². The van der Waals surface area contributed by atoms with Crippen molar-refractivity contribution in [1.29, 1.82) is 0 Å². The molecule has 0 fully saturated rings. The minimum Gasteiger partial charge on any atom is -0.488 e. The number of nitrogens with one attached hydrogen (secondary N) is 1. The Morgan fingerprint density at radius 3 is 2.44 bits per heavy atom. The molecule has 2 atom stereocenters. The molecule has 1 aromatic carbocycles. The van der Waals surface area contributed by atoms with Crippen molar-refractivity contribution in [3.63, 3.8) is 0 Å². The number of anilines is 1. The van der Waals surface area contributed by atoms with Crippen LogP contribution in [-0.4, -0.2) is 29.6 Å². The molecule has 0 aliphatic heterocycles. The summed E-state index contributed by atoms with van der Waals surface area (Å²) in [6.07, 6.45) is 2.31. The summed E-state index contributed by atoms with van der Waals surface area (Å²) in [7, 11) is 0. The normalized spacial score (nSPS) is 13.4. The third-order valence-corrected chi connectivity index (χ3v) is 4.56. The van der Waals surface area contributed by atoms with Crippen LogP contribution in [-0.2, 0) is 0 Å². The highest BCUT2D eigenvalue weighted by Crippen LogP contribution is 2.29. The summed E-state index contributed by atoms with van der Waals surface area (Å²) in [5, 5.41) is 4.15. The number of nitrogens with zero attached hydrogens (tertiary/aromatic N) is 1. The molecule has 2 rings (SSSR count). The predicted molar refractivity (Wildman–Crippen MR) is 106 cm³/mol. The van der Waals surface area contributed by atoms with Crippen LogP contribution in [0.1, 0.15) is 23.2 Å². The van der Waals surface area contributed by atoms with Crippen molar-refractivity contribution in [1.82, 2.24) is 4.98 Å². The fourth-order valence-corrected chi connectivity index (χ4v) is 3.42. The fourth-order valence-electron chi connectivity index (χ4n) is 2.82. The molecule has 0 spiro atoms. The molecule has 6 heteroatoms. The molecular formula is C19H25Cl2N3O. The summed E-state index contributed by atoms with van der Waals surface area (Å²) in [5.74, 6) is 1.24. The van der Waals surface area contributed by atoms with Crippen LogP contribution in [0.25, 0.3) is 0 Å². The maximum atomic E-state index is 6.33. The zero-order valence-electron chi connectivity index (χ0n) is 14.9. The zero-order valence-corrected chi connectivity index (χ0v) is 16.4. The molecule has 4 nitrogen and oxygen atoms in total. The summed E-state index contributed by atoms with van der Waals surface area (Å²) in [6, 6.07) is 7.63. The van der Waals surface area contributed by atoms with Crippen LogP contribution in [0.3, 0.4) is 0 Å². The lowest BCUT2D eigenvalue weighted by atomic mass is 10.1. The van der Waals surface area contributed by atoms with E-state index in [0.717, 1.165) is 28.3 Å². The van der Waals surface area contributed by atoms with Crippen LogP contribution >= 0.6 is 23.2 Å². The van der Waals surface area contributed by atoms with Crippen LogP contribution < -0.4 is 15.8 Å². The number of ether oxygens (including phenoxy) is 1. The topological polar surface area (TPSA) is 60.2 Å². The number of rotatable bonds is 8. The largest absolute Gasteiger partial charge is 0.488 e. The number of halogens is 2. The van der Waals surface area contributed by atoms with Gasteiger partial charge in [-0.3, -0.25) is 4.98 Å². The standard InChI is InChI=1S/C19H25Cl2N3O/c1-12-8-15(21)9-13(2)19(12)25-18(4-6-22)17(11-20)24-16-5-7-23-14(3)10-16/h5,7-10,17-18H,4,6,11,22H2,1-3H3,(H,23,24). The second-order valence-corrected chi connectivity index (χ2v) is 6.94. The van der Waals surface area contributed by atoms with Gasteiger partial charge in [0.15, 0.2) is 0 Å². The molecule has 1 heterocycles. The van der Waals surface area contributed by atoms with Gasteiger partial charge in [-0.05, 0) is 69.1 Å². The molecular weight excluding hydrogens is 357 g/mol. The van der Waals surface area contributed by atoms with Gasteiger partial charge < -0.3 is 15.8 Å². The number of nitrogens with two attached hydrogens (primary N) is 1. The molecule has 0 saturated heterocycles. The molecule has 0 bridgehead atoms. The van der Waals surface area contributed by atoms with E-state index in [9.17, 15) is 0 Å². The quantitative estimate of drug-likeness (QED) is 0.661. The molecule has 2 aromatic rings. The Kier molecular flexibility index (Phi) is 7.36. The Bertz CT molecular complexity index is 686. The molecule has 0 aliphatic rings. The minimum absolute atomic E-state index is 0.0819. The summed E-state index contributed by atoms with van der Waals surface area (Å²) < 4.78 is 6.33. The van der Waals surface area contributed by atoms with Crippen molar-refractivity contribution in [2.45, 2.75) is 39.3 Å². The monoisotopic (exact) mass is 381 g/mol. The zero-order chi connectivity index (χ0) is 18.4. The van der Waals surface area contributed by atoms with Crippen molar-refractivity contribution < 1.29 is 4.74 Å². The van der Waals surface area contributed by atoms with E-state index >= 15 is 0 Å². The summed E-state index contributed by atoms with van der Waals surface area (Å²) in [4.78, 5) is 4.22. The van der Waals surface area contributed by atoms with Crippen molar-refractivity contribution in [3.8, 4) is 5.75 Å². The summed E-state index contributed by atoms with van der Waals surface area (Å²) in [5.41, 5.74) is 9.72. The highest BCUT2D eigenvalue weighted by atomic mass is 35.5. The van der Waals surface area contributed by atoms with E-state index in [-0.39, 0.29) is 12.1 Å². The Hall–Kier alpha value is -1.49. The van der Waals surface area contributed by atoms with Gasteiger partial charge >= 0.3 is 0 Å². The number of alkyl halides is 1. The van der Waals surface area contributed by atoms with Gasteiger partial charge in [0.25, 0.3) is 0 Å². The summed E-state index contributed by atoms with van der Waals surface area (Å²) in [6.45, 7) is 6.45. The van der Waals surface area contributed by atoms with E-state index in [1.807, 2.05) is 45.0 Å². The van der Waals surface area contributed by atoms with Gasteiger partial charge in [0, 0.05) is 28.5 Å². The van der Waals surface area contributed by atoms with Gasteiger partial charge in [0.05, 0.1) is 6.04 Å². The Morgan fingerprint density at radius 1 is 1.20 bits per heavy atom. The Morgan fingerprint density at radius 2 is 1.88 bits per heavy atom. The van der Waals surface area contributed by atoms with Gasteiger partial charge in [-0.1, -0.05) is 11.6 Å². The second kappa shape index (κ2) is 9.27. The number of aromatic nitrogens is 1. The molecule has 0 aliphatic carbocycles. The third-order valence-electron chi connectivity index (χ3n) is 4.01. The SMILES string of the molecule is Cc1cc(NC(CCl)C(CCN)Oc2c(C)cc(Cl)cc2C)ccn1. The van der Waals surface area contributed by atoms with Crippen LogP contribution in [0.15, 0.2) is 30.5 Å². The first kappa shape index (κ1) is 19.8. The number of aryl methyl sites for hydroxylation is 3. The maximum absolute atomic E-state index is 6.33. The van der Waals surface area contributed by atoms with Gasteiger partial charge in [-0.25, -0.2) is 0 Å².